The Labute approximate surface area is 148 Å². The van der Waals surface area contributed by atoms with Crippen LogP contribution in [0.4, 0.5) is 10.2 Å². The summed E-state index contributed by atoms with van der Waals surface area (Å²) in [4.78, 5) is 23.0. The molecule has 0 N–H and O–H groups in total. The molecule has 0 atom stereocenters. The number of carbonyl (C=O) groups is 1. The first-order chi connectivity index (χ1) is 11.6. The quantitative estimate of drug-likeness (QED) is 0.756. The largest absolute Gasteiger partial charge is 0.287 e. The molecule has 4 nitrogen and oxygen atoms in total. The second kappa shape index (κ2) is 7.15. The molecule has 1 aromatic carbocycles. The third kappa shape index (κ3) is 3.34. The van der Waals surface area contributed by atoms with Gasteiger partial charge in [0.1, 0.15) is 5.82 Å². The summed E-state index contributed by atoms with van der Waals surface area (Å²) in [5.41, 5.74) is 0.199. The second-order valence-electron chi connectivity index (χ2n) is 4.88. The van der Waals surface area contributed by atoms with Gasteiger partial charge in [-0.25, -0.2) is 14.4 Å². The summed E-state index contributed by atoms with van der Waals surface area (Å²) in [7, 11) is 0. The highest BCUT2D eigenvalue weighted by Crippen LogP contribution is 2.35. The summed E-state index contributed by atoms with van der Waals surface area (Å²) in [6.45, 7) is 2.31. The molecule has 7 heteroatoms. The number of pyridine rings is 1. The molecule has 1 aliphatic rings. The van der Waals surface area contributed by atoms with E-state index in [1.54, 1.807) is 24.4 Å². The van der Waals surface area contributed by atoms with Crippen molar-refractivity contribution in [2.45, 2.75) is 6.92 Å². The van der Waals surface area contributed by atoms with Crippen molar-refractivity contribution in [2.24, 2.45) is 4.99 Å². The van der Waals surface area contributed by atoms with Gasteiger partial charge in [0, 0.05) is 18.3 Å². The van der Waals surface area contributed by atoms with E-state index >= 15 is 0 Å². The standard InChI is InChI=1S/C17H13ClFN3OS/c1-2-22-16(23)14(10-11-12(18)6-5-7-13(11)19)24-17(22)21-15-8-3-4-9-20-15/h3-10H,2H2,1H3/b14-10-,21-17+. The van der Waals surface area contributed by atoms with E-state index in [1.807, 2.05) is 13.0 Å². The first-order valence-corrected chi connectivity index (χ1v) is 8.44. The number of amidine groups is 1. The van der Waals surface area contributed by atoms with Crippen LogP contribution >= 0.6 is 23.4 Å². The van der Waals surface area contributed by atoms with E-state index in [0.29, 0.717) is 22.4 Å². The average molecular weight is 362 g/mol. The normalized spacial score (nSPS) is 18.0. The van der Waals surface area contributed by atoms with Crippen LogP contribution in [0.15, 0.2) is 52.5 Å². The highest BCUT2D eigenvalue weighted by Gasteiger charge is 2.32. The third-order valence-electron chi connectivity index (χ3n) is 3.34. The fourth-order valence-electron chi connectivity index (χ4n) is 2.17. The molecule has 1 saturated heterocycles. The van der Waals surface area contributed by atoms with Gasteiger partial charge in [0.25, 0.3) is 5.91 Å². The average Bonchev–Trinajstić information content (AvgIpc) is 2.87. The number of halogens is 2. The molecule has 1 aliphatic heterocycles. The lowest BCUT2D eigenvalue weighted by Crippen LogP contribution is -2.28. The zero-order chi connectivity index (χ0) is 17.1. The number of rotatable bonds is 3. The van der Waals surface area contributed by atoms with Gasteiger partial charge < -0.3 is 0 Å². The van der Waals surface area contributed by atoms with Crippen LogP contribution in [-0.4, -0.2) is 27.5 Å². The number of aromatic nitrogens is 1. The fraction of sp³-hybridized carbons (Fsp3) is 0.118. The molecule has 0 aliphatic carbocycles. The van der Waals surface area contributed by atoms with Crippen LogP contribution in [0.5, 0.6) is 0 Å². The predicted molar refractivity (Wildman–Crippen MR) is 95.7 cm³/mol. The van der Waals surface area contributed by atoms with E-state index in [2.05, 4.69) is 9.98 Å². The van der Waals surface area contributed by atoms with Gasteiger partial charge in [-0.05, 0) is 49.0 Å². The molecule has 24 heavy (non-hydrogen) atoms. The zero-order valence-corrected chi connectivity index (χ0v) is 14.3. The minimum absolute atomic E-state index is 0.199. The summed E-state index contributed by atoms with van der Waals surface area (Å²) < 4.78 is 14.0. The molecule has 0 radical (unpaired) electrons. The van der Waals surface area contributed by atoms with Crippen molar-refractivity contribution in [3.8, 4) is 0 Å². The second-order valence-corrected chi connectivity index (χ2v) is 6.29. The van der Waals surface area contributed by atoms with Gasteiger partial charge in [-0.1, -0.05) is 23.7 Å². The van der Waals surface area contributed by atoms with Gasteiger partial charge in [-0.3, -0.25) is 9.69 Å². The summed E-state index contributed by atoms with van der Waals surface area (Å²) in [5.74, 6) is -0.186. The first kappa shape index (κ1) is 16.7. The van der Waals surface area contributed by atoms with Crippen molar-refractivity contribution in [1.29, 1.82) is 0 Å². The Kier molecular flexibility index (Phi) is 4.97. The maximum Gasteiger partial charge on any atom is 0.266 e. The van der Waals surface area contributed by atoms with Crippen LogP contribution in [-0.2, 0) is 4.79 Å². The van der Waals surface area contributed by atoms with Gasteiger partial charge >= 0.3 is 0 Å². The molecular formula is C17H13ClFN3OS. The minimum atomic E-state index is -0.471. The molecule has 3 rings (SSSR count). The Balaban J connectivity index is 1.99. The van der Waals surface area contributed by atoms with Crippen LogP contribution in [0, 0.1) is 5.82 Å². The minimum Gasteiger partial charge on any atom is -0.287 e. The van der Waals surface area contributed by atoms with E-state index in [9.17, 15) is 9.18 Å². The molecule has 0 bridgehead atoms. The van der Waals surface area contributed by atoms with Crippen molar-refractivity contribution in [1.82, 2.24) is 9.88 Å². The monoisotopic (exact) mass is 361 g/mol. The van der Waals surface area contributed by atoms with Crippen molar-refractivity contribution in [2.75, 3.05) is 6.54 Å². The van der Waals surface area contributed by atoms with Crippen molar-refractivity contribution in [3.05, 3.63) is 63.9 Å². The summed E-state index contributed by atoms with van der Waals surface area (Å²) >= 11 is 7.21. The number of nitrogens with zero attached hydrogens (tertiary/aromatic N) is 3. The first-order valence-electron chi connectivity index (χ1n) is 7.25. The van der Waals surface area contributed by atoms with E-state index in [0.717, 1.165) is 0 Å². The van der Waals surface area contributed by atoms with Crippen molar-refractivity contribution in [3.63, 3.8) is 0 Å². The molecule has 122 valence electrons. The number of benzene rings is 1. The van der Waals surface area contributed by atoms with E-state index in [4.69, 9.17) is 11.6 Å². The van der Waals surface area contributed by atoms with Gasteiger partial charge in [-0.2, -0.15) is 0 Å². The van der Waals surface area contributed by atoms with Crippen LogP contribution < -0.4 is 0 Å². The maximum atomic E-state index is 14.0. The van der Waals surface area contributed by atoms with E-state index in [1.165, 1.54) is 34.9 Å². The van der Waals surface area contributed by atoms with Gasteiger partial charge in [0.2, 0.25) is 0 Å². The number of likely N-dealkylation sites (N-methyl/N-ethyl adjacent to an activating group) is 1. The molecule has 0 spiro atoms. The lowest BCUT2D eigenvalue weighted by Gasteiger charge is -2.11. The van der Waals surface area contributed by atoms with E-state index in [-0.39, 0.29) is 16.5 Å². The Morgan fingerprint density at radius 3 is 2.83 bits per heavy atom. The zero-order valence-electron chi connectivity index (χ0n) is 12.7. The lowest BCUT2D eigenvalue weighted by molar-refractivity contribution is -0.122. The molecule has 1 aromatic heterocycles. The van der Waals surface area contributed by atoms with Crippen LogP contribution in [0.3, 0.4) is 0 Å². The predicted octanol–water partition coefficient (Wildman–Crippen LogP) is 4.50. The van der Waals surface area contributed by atoms with E-state index < -0.39 is 5.82 Å². The Morgan fingerprint density at radius 1 is 1.33 bits per heavy atom. The van der Waals surface area contributed by atoms with Crippen LogP contribution in [0.2, 0.25) is 5.02 Å². The number of amides is 1. The Bertz CT molecular complexity index is 819. The SMILES string of the molecule is CCN1C(=O)/C(=C/c2c(F)cccc2Cl)S/C1=N/c1ccccn1. The number of carbonyl (C=O) groups excluding carboxylic acids is 1. The summed E-state index contributed by atoms with van der Waals surface area (Å²) in [5, 5.41) is 0.772. The van der Waals surface area contributed by atoms with Gasteiger partial charge in [0.15, 0.2) is 11.0 Å². The summed E-state index contributed by atoms with van der Waals surface area (Å²) in [6, 6.07) is 9.78. The van der Waals surface area contributed by atoms with Crippen molar-refractivity contribution < 1.29 is 9.18 Å². The molecule has 2 aromatic rings. The van der Waals surface area contributed by atoms with Gasteiger partial charge in [0.05, 0.1) is 9.93 Å². The molecule has 0 unspecified atom stereocenters. The molecule has 1 amide bonds. The number of thioether (sulfide) groups is 1. The molecule has 1 fully saturated rings. The number of aliphatic imine (C=N–C) groups is 1. The summed E-state index contributed by atoms with van der Waals surface area (Å²) in [6.07, 6.45) is 3.10. The van der Waals surface area contributed by atoms with Crippen molar-refractivity contribution >= 4 is 46.3 Å². The van der Waals surface area contributed by atoms with Crippen LogP contribution in [0.25, 0.3) is 6.08 Å². The topological polar surface area (TPSA) is 45.6 Å². The highest BCUT2D eigenvalue weighted by molar-refractivity contribution is 8.18. The third-order valence-corrected chi connectivity index (χ3v) is 4.68. The molecular weight excluding hydrogens is 349 g/mol. The molecule has 2 heterocycles. The molecule has 0 saturated carbocycles. The number of hydrogen-bond donors (Lipinski definition) is 0. The number of hydrogen-bond acceptors (Lipinski definition) is 4. The maximum absolute atomic E-state index is 14.0. The highest BCUT2D eigenvalue weighted by atomic mass is 35.5. The Morgan fingerprint density at radius 2 is 2.17 bits per heavy atom. The fourth-order valence-corrected chi connectivity index (χ4v) is 3.42. The van der Waals surface area contributed by atoms with Crippen LogP contribution in [0.1, 0.15) is 12.5 Å². The lowest BCUT2D eigenvalue weighted by atomic mass is 10.2. The van der Waals surface area contributed by atoms with Gasteiger partial charge in [-0.15, -0.1) is 0 Å². The smallest absolute Gasteiger partial charge is 0.266 e. The Hall–Kier alpha value is -2.18.